The molecule has 0 aromatic rings. The van der Waals surface area contributed by atoms with Gasteiger partial charge in [0.2, 0.25) is 5.91 Å². The molecule has 1 N–H and O–H groups in total. The summed E-state index contributed by atoms with van der Waals surface area (Å²) in [6.45, 7) is 9.78. The Morgan fingerprint density at radius 2 is 1.85 bits per heavy atom. The van der Waals surface area contributed by atoms with Gasteiger partial charge in [0.25, 0.3) is 0 Å². The van der Waals surface area contributed by atoms with Gasteiger partial charge in [0.15, 0.2) is 0 Å². The van der Waals surface area contributed by atoms with Crippen molar-refractivity contribution in [3.8, 4) is 0 Å². The van der Waals surface area contributed by atoms with Crippen LogP contribution in [0.5, 0.6) is 0 Å². The van der Waals surface area contributed by atoms with E-state index >= 15 is 0 Å². The van der Waals surface area contributed by atoms with Crippen LogP contribution in [-0.2, 0) is 4.79 Å². The molecular weight excluding hydrogens is 248 g/mol. The summed E-state index contributed by atoms with van der Waals surface area (Å²) in [5, 5.41) is 3.61. The van der Waals surface area contributed by atoms with Gasteiger partial charge in [-0.15, -0.1) is 0 Å². The second kappa shape index (κ2) is 6.93. The molecule has 0 bridgehead atoms. The zero-order chi connectivity index (χ0) is 14.7. The Bertz CT molecular complexity index is 323. The Morgan fingerprint density at radius 1 is 1.20 bits per heavy atom. The Kier molecular flexibility index (Phi) is 5.48. The molecule has 0 radical (unpaired) electrons. The first kappa shape index (κ1) is 15.8. The number of rotatable bonds is 5. The zero-order valence-electron chi connectivity index (χ0n) is 13.7. The van der Waals surface area contributed by atoms with Gasteiger partial charge >= 0.3 is 0 Å². The van der Waals surface area contributed by atoms with Gasteiger partial charge in [-0.1, -0.05) is 53.4 Å². The lowest BCUT2D eigenvalue weighted by molar-refractivity contribution is -0.132. The van der Waals surface area contributed by atoms with Crippen molar-refractivity contribution in [1.29, 1.82) is 0 Å². The maximum Gasteiger partial charge on any atom is 0.241 e. The SMILES string of the molecule is CCC(C)C1NC(C(C)C)N(CC2CCCCC2)C1=O. The summed E-state index contributed by atoms with van der Waals surface area (Å²) in [5.74, 6) is 1.99. The summed E-state index contributed by atoms with van der Waals surface area (Å²) in [6.07, 6.45) is 7.99. The van der Waals surface area contributed by atoms with Crippen LogP contribution in [0.1, 0.15) is 66.2 Å². The molecule has 1 saturated heterocycles. The highest BCUT2D eigenvalue weighted by atomic mass is 16.2. The molecule has 20 heavy (non-hydrogen) atoms. The molecule has 0 aromatic heterocycles. The van der Waals surface area contributed by atoms with Crippen molar-refractivity contribution in [2.45, 2.75) is 78.4 Å². The average molecular weight is 280 g/mol. The summed E-state index contributed by atoms with van der Waals surface area (Å²) in [6, 6.07) is 0.0380. The third kappa shape index (κ3) is 3.36. The normalized spacial score (nSPS) is 30.2. The topological polar surface area (TPSA) is 32.3 Å². The summed E-state index contributed by atoms with van der Waals surface area (Å²) >= 11 is 0. The molecule has 2 rings (SSSR count). The highest BCUT2D eigenvalue weighted by Gasteiger charge is 2.42. The first-order valence-corrected chi connectivity index (χ1v) is 8.61. The highest BCUT2D eigenvalue weighted by Crippen LogP contribution is 2.29. The molecule has 3 heteroatoms. The van der Waals surface area contributed by atoms with Crippen LogP contribution in [0, 0.1) is 17.8 Å². The summed E-state index contributed by atoms with van der Waals surface area (Å²) in [5.41, 5.74) is 0. The van der Waals surface area contributed by atoms with Crippen LogP contribution in [0.3, 0.4) is 0 Å². The fourth-order valence-corrected chi connectivity index (χ4v) is 3.71. The van der Waals surface area contributed by atoms with E-state index in [9.17, 15) is 4.79 Å². The lowest BCUT2D eigenvalue weighted by Gasteiger charge is -2.32. The third-order valence-electron chi connectivity index (χ3n) is 5.26. The van der Waals surface area contributed by atoms with Crippen molar-refractivity contribution in [2.24, 2.45) is 17.8 Å². The quantitative estimate of drug-likeness (QED) is 0.837. The van der Waals surface area contributed by atoms with E-state index in [0.29, 0.717) is 17.7 Å². The van der Waals surface area contributed by atoms with Crippen LogP contribution >= 0.6 is 0 Å². The smallest absolute Gasteiger partial charge is 0.241 e. The third-order valence-corrected chi connectivity index (χ3v) is 5.26. The van der Waals surface area contributed by atoms with Crippen LogP contribution in [0.15, 0.2) is 0 Å². The molecule has 2 fully saturated rings. The lowest BCUT2D eigenvalue weighted by Crippen LogP contribution is -2.44. The first-order chi connectivity index (χ1) is 9.54. The molecule has 1 saturated carbocycles. The number of carbonyl (C=O) groups excluding carboxylic acids is 1. The predicted molar refractivity (Wildman–Crippen MR) is 83.3 cm³/mol. The van der Waals surface area contributed by atoms with Crippen molar-refractivity contribution >= 4 is 5.91 Å². The number of amides is 1. The highest BCUT2D eigenvalue weighted by molar-refractivity contribution is 5.84. The number of carbonyl (C=O) groups is 1. The zero-order valence-corrected chi connectivity index (χ0v) is 13.7. The molecule has 1 amide bonds. The van der Waals surface area contributed by atoms with Crippen LogP contribution in [-0.4, -0.2) is 29.6 Å². The van der Waals surface area contributed by atoms with E-state index in [1.807, 2.05) is 0 Å². The monoisotopic (exact) mass is 280 g/mol. The van der Waals surface area contributed by atoms with E-state index in [1.54, 1.807) is 0 Å². The van der Waals surface area contributed by atoms with Gasteiger partial charge < -0.3 is 4.90 Å². The molecule has 2 aliphatic rings. The summed E-state index contributed by atoms with van der Waals surface area (Å²) in [4.78, 5) is 14.9. The fraction of sp³-hybridized carbons (Fsp3) is 0.941. The van der Waals surface area contributed by atoms with Gasteiger partial charge in [0, 0.05) is 6.54 Å². The van der Waals surface area contributed by atoms with E-state index in [2.05, 4.69) is 37.9 Å². The molecule has 1 aliphatic carbocycles. The predicted octanol–water partition coefficient (Wildman–Crippen LogP) is 3.40. The van der Waals surface area contributed by atoms with E-state index in [4.69, 9.17) is 0 Å². The van der Waals surface area contributed by atoms with Crippen LogP contribution < -0.4 is 5.32 Å². The van der Waals surface area contributed by atoms with Crippen molar-refractivity contribution in [2.75, 3.05) is 6.54 Å². The Labute approximate surface area is 124 Å². The Hall–Kier alpha value is -0.570. The number of hydrogen-bond donors (Lipinski definition) is 1. The van der Waals surface area contributed by atoms with E-state index < -0.39 is 0 Å². The second-order valence-corrected chi connectivity index (χ2v) is 7.21. The molecule has 0 aromatic carbocycles. The maximum absolute atomic E-state index is 12.8. The first-order valence-electron chi connectivity index (χ1n) is 8.61. The number of nitrogens with zero attached hydrogens (tertiary/aromatic N) is 1. The second-order valence-electron chi connectivity index (χ2n) is 7.21. The summed E-state index contributed by atoms with van der Waals surface area (Å²) < 4.78 is 0. The molecule has 116 valence electrons. The standard InChI is InChI=1S/C17H32N2O/c1-5-13(4)15-17(20)19(16(18-15)12(2)3)11-14-9-7-6-8-10-14/h12-16,18H,5-11H2,1-4H3. The van der Waals surface area contributed by atoms with Crippen molar-refractivity contribution in [3.05, 3.63) is 0 Å². The minimum atomic E-state index is 0.0380. The van der Waals surface area contributed by atoms with Crippen LogP contribution in [0.4, 0.5) is 0 Å². The van der Waals surface area contributed by atoms with Gasteiger partial charge in [-0.3, -0.25) is 10.1 Å². The van der Waals surface area contributed by atoms with Gasteiger partial charge in [0.1, 0.15) is 0 Å². The molecule has 3 nitrogen and oxygen atoms in total. The molecular formula is C17H32N2O. The number of nitrogens with one attached hydrogen (secondary N) is 1. The van der Waals surface area contributed by atoms with E-state index in [-0.39, 0.29) is 12.2 Å². The molecule has 3 atom stereocenters. The number of hydrogen-bond acceptors (Lipinski definition) is 2. The van der Waals surface area contributed by atoms with E-state index in [0.717, 1.165) is 18.9 Å². The van der Waals surface area contributed by atoms with E-state index in [1.165, 1.54) is 32.1 Å². The van der Waals surface area contributed by atoms with Crippen molar-refractivity contribution < 1.29 is 4.79 Å². The molecule has 0 spiro atoms. The molecule has 1 aliphatic heterocycles. The van der Waals surface area contributed by atoms with Gasteiger partial charge in [0.05, 0.1) is 12.2 Å². The molecule has 3 unspecified atom stereocenters. The van der Waals surface area contributed by atoms with Crippen LogP contribution in [0.25, 0.3) is 0 Å². The van der Waals surface area contributed by atoms with Crippen molar-refractivity contribution in [3.63, 3.8) is 0 Å². The minimum Gasteiger partial charge on any atom is -0.325 e. The minimum absolute atomic E-state index is 0.0380. The summed E-state index contributed by atoms with van der Waals surface area (Å²) in [7, 11) is 0. The lowest BCUT2D eigenvalue weighted by atomic mass is 9.88. The maximum atomic E-state index is 12.8. The fourth-order valence-electron chi connectivity index (χ4n) is 3.71. The largest absolute Gasteiger partial charge is 0.325 e. The average Bonchev–Trinajstić information content (AvgIpc) is 2.77. The van der Waals surface area contributed by atoms with Crippen molar-refractivity contribution in [1.82, 2.24) is 10.2 Å². The molecule has 1 heterocycles. The van der Waals surface area contributed by atoms with Gasteiger partial charge in [-0.25, -0.2) is 0 Å². The van der Waals surface area contributed by atoms with Crippen LogP contribution in [0.2, 0.25) is 0 Å². The van der Waals surface area contributed by atoms with Gasteiger partial charge in [-0.05, 0) is 30.6 Å². The Morgan fingerprint density at radius 3 is 2.40 bits per heavy atom. The Balaban J connectivity index is 2.04. The van der Waals surface area contributed by atoms with Gasteiger partial charge in [-0.2, -0.15) is 0 Å².